The molecule has 2 heterocycles. The molecule has 144 valence electrons. The van der Waals surface area contributed by atoms with Crippen molar-refractivity contribution in [3.63, 3.8) is 0 Å². The minimum absolute atomic E-state index is 0.137. The van der Waals surface area contributed by atoms with E-state index >= 15 is 0 Å². The Hall–Kier alpha value is -2.29. The zero-order valence-electron chi connectivity index (χ0n) is 15.5. The Morgan fingerprint density at radius 2 is 1.70 bits per heavy atom. The number of allylic oxidation sites excluding steroid dienone is 2. The topological polar surface area (TPSA) is 104 Å². The third-order valence-electron chi connectivity index (χ3n) is 5.68. The summed E-state index contributed by atoms with van der Waals surface area (Å²) in [6.45, 7) is 5.65. The van der Waals surface area contributed by atoms with Crippen LogP contribution in [0, 0.1) is 23.7 Å². The molecule has 0 spiro atoms. The van der Waals surface area contributed by atoms with Gasteiger partial charge in [-0.2, -0.15) is 0 Å². The normalized spacial score (nSPS) is 30.0. The van der Waals surface area contributed by atoms with Gasteiger partial charge in [-0.1, -0.05) is 37.3 Å². The van der Waals surface area contributed by atoms with Gasteiger partial charge in [0.1, 0.15) is 11.2 Å². The second kappa shape index (κ2) is 6.70. The SMILES string of the molecule is CC(C)c1nnc(NC(=O)N[C@@H](C)N2C(=O)[C@@H]3[C@H](C2=O)[C@H]2C=C[C@H]3CC2)s1. The minimum atomic E-state index is -0.715. The van der Waals surface area contributed by atoms with Crippen molar-refractivity contribution in [2.24, 2.45) is 23.7 Å². The molecule has 2 N–H and O–H groups in total. The van der Waals surface area contributed by atoms with Crippen LogP contribution in [0.2, 0.25) is 0 Å². The summed E-state index contributed by atoms with van der Waals surface area (Å²) in [6.07, 6.45) is 5.35. The summed E-state index contributed by atoms with van der Waals surface area (Å²) in [5.74, 6) is -0.385. The van der Waals surface area contributed by atoms with Crippen LogP contribution in [0.25, 0.3) is 0 Å². The molecule has 27 heavy (non-hydrogen) atoms. The summed E-state index contributed by atoms with van der Waals surface area (Å²) in [5, 5.41) is 14.5. The van der Waals surface area contributed by atoms with Crippen LogP contribution >= 0.6 is 11.3 Å². The lowest BCUT2D eigenvalue weighted by Gasteiger charge is -2.38. The first kappa shape index (κ1) is 18.1. The van der Waals surface area contributed by atoms with Crippen LogP contribution in [-0.2, 0) is 9.59 Å². The minimum Gasteiger partial charge on any atom is -0.317 e. The number of rotatable bonds is 4. The highest BCUT2D eigenvalue weighted by Crippen LogP contribution is 2.49. The van der Waals surface area contributed by atoms with Gasteiger partial charge in [-0.3, -0.25) is 19.8 Å². The molecule has 1 aromatic heterocycles. The first-order valence-electron chi connectivity index (χ1n) is 9.33. The Bertz CT molecular complexity index is 788. The monoisotopic (exact) mass is 389 g/mol. The molecule has 1 aliphatic heterocycles. The molecular weight excluding hydrogens is 366 g/mol. The standard InChI is InChI=1S/C18H23N5O3S/c1-8(2)14-21-22-18(27-14)20-17(26)19-9(3)23-15(24)12-10-4-5-11(7-6-10)13(12)16(23)25/h4-5,8-13H,6-7H2,1-3H3,(H2,19,20,22,26)/t9-,10+,11+,12-,13+/m1/s1. The average molecular weight is 389 g/mol. The highest BCUT2D eigenvalue weighted by Gasteiger charge is 2.57. The van der Waals surface area contributed by atoms with E-state index in [-0.39, 0.29) is 41.4 Å². The predicted molar refractivity (Wildman–Crippen MR) is 99.8 cm³/mol. The summed E-state index contributed by atoms with van der Waals surface area (Å²) >= 11 is 1.30. The number of aromatic nitrogens is 2. The van der Waals surface area contributed by atoms with Gasteiger partial charge in [0.25, 0.3) is 0 Å². The van der Waals surface area contributed by atoms with Gasteiger partial charge in [-0.15, -0.1) is 10.2 Å². The Morgan fingerprint density at radius 3 is 2.19 bits per heavy atom. The lowest BCUT2D eigenvalue weighted by Crippen LogP contribution is -2.50. The van der Waals surface area contributed by atoms with Gasteiger partial charge < -0.3 is 5.32 Å². The largest absolute Gasteiger partial charge is 0.322 e. The van der Waals surface area contributed by atoms with Gasteiger partial charge in [0, 0.05) is 5.92 Å². The van der Waals surface area contributed by atoms with Crippen LogP contribution in [0.15, 0.2) is 12.2 Å². The quantitative estimate of drug-likeness (QED) is 0.607. The molecule has 2 bridgehead atoms. The van der Waals surface area contributed by atoms with E-state index in [1.165, 1.54) is 16.2 Å². The molecule has 1 aromatic rings. The fourth-order valence-corrected chi connectivity index (χ4v) is 5.13. The van der Waals surface area contributed by atoms with Crippen LogP contribution in [0.5, 0.6) is 0 Å². The zero-order chi connectivity index (χ0) is 19.3. The molecule has 0 aromatic carbocycles. The Kier molecular flexibility index (Phi) is 4.49. The van der Waals surface area contributed by atoms with Crippen molar-refractivity contribution in [3.05, 3.63) is 17.2 Å². The zero-order valence-corrected chi connectivity index (χ0v) is 16.3. The van der Waals surface area contributed by atoms with Crippen molar-refractivity contribution in [2.45, 2.75) is 45.7 Å². The van der Waals surface area contributed by atoms with Crippen molar-refractivity contribution in [1.82, 2.24) is 20.4 Å². The number of carbonyl (C=O) groups is 3. The molecular formula is C18H23N5O3S. The lowest BCUT2D eigenvalue weighted by molar-refractivity contribution is -0.142. The average Bonchev–Trinajstić information content (AvgIpc) is 3.20. The fraction of sp³-hybridized carbons (Fsp3) is 0.611. The van der Waals surface area contributed by atoms with E-state index in [0.717, 1.165) is 17.8 Å². The molecule has 9 heteroatoms. The molecule has 1 saturated heterocycles. The highest BCUT2D eigenvalue weighted by atomic mass is 32.1. The van der Waals surface area contributed by atoms with Gasteiger partial charge in [0.15, 0.2) is 0 Å². The second-order valence-electron chi connectivity index (χ2n) is 7.76. The maximum atomic E-state index is 12.9. The lowest BCUT2D eigenvalue weighted by atomic mass is 9.63. The molecule has 2 fully saturated rings. The molecule has 4 aliphatic rings. The van der Waals surface area contributed by atoms with E-state index in [4.69, 9.17) is 0 Å². The number of hydrogen-bond acceptors (Lipinski definition) is 6. The Balaban J connectivity index is 1.42. The number of anilines is 1. The molecule has 5 atom stereocenters. The van der Waals surface area contributed by atoms with E-state index in [0.29, 0.717) is 5.13 Å². The van der Waals surface area contributed by atoms with Crippen molar-refractivity contribution in [1.29, 1.82) is 0 Å². The maximum Gasteiger partial charge on any atom is 0.322 e. The molecule has 5 rings (SSSR count). The first-order valence-corrected chi connectivity index (χ1v) is 10.1. The van der Waals surface area contributed by atoms with Crippen LogP contribution in [0.4, 0.5) is 9.93 Å². The molecule has 0 radical (unpaired) electrons. The smallest absolute Gasteiger partial charge is 0.317 e. The van der Waals surface area contributed by atoms with Crippen molar-refractivity contribution < 1.29 is 14.4 Å². The van der Waals surface area contributed by atoms with E-state index in [1.807, 2.05) is 13.8 Å². The van der Waals surface area contributed by atoms with E-state index in [1.54, 1.807) is 6.92 Å². The molecule has 3 aliphatic carbocycles. The number of urea groups is 1. The van der Waals surface area contributed by atoms with E-state index in [9.17, 15) is 14.4 Å². The number of likely N-dealkylation sites (tertiary alicyclic amines) is 1. The van der Waals surface area contributed by atoms with E-state index < -0.39 is 12.2 Å². The molecule has 4 amide bonds. The molecule has 8 nitrogen and oxygen atoms in total. The van der Waals surface area contributed by atoms with Gasteiger partial charge >= 0.3 is 6.03 Å². The number of imide groups is 1. The van der Waals surface area contributed by atoms with Crippen LogP contribution in [0.1, 0.15) is 44.5 Å². The third kappa shape index (κ3) is 3.03. The van der Waals surface area contributed by atoms with Crippen molar-refractivity contribution >= 4 is 34.3 Å². The summed E-state index contributed by atoms with van der Waals surface area (Å²) in [6, 6.07) is -0.509. The van der Waals surface area contributed by atoms with Crippen LogP contribution in [0.3, 0.4) is 0 Å². The van der Waals surface area contributed by atoms with Crippen molar-refractivity contribution in [3.8, 4) is 0 Å². The number of nitrogens with one attached hydrogen (secondary N) is 2. The number of amides is 4. The summed E-state index contributed by atoms with van der Waals surface area (Å²) in [4.78, 5) is 39.3. The van der Waals surface area contributed by atoms with E-state index in [2.05, 4.69) is 33.0 Å². The molecule has 0 unspecified atom stereocenters. The van der Waals surface area contributed by atoms with Crippen LogP contribution in [-0.4, -0.2) is 39.1 Å². The first-order chi connectivity index (χ1) is 12.9. The Morgan fingerprint density at radius 1 is 1.11 bits per heavy atom. The van der Waals surface area contributed by atoms with Gasteiger partial charge in [-0.05, 0) is 31.6 Å². The Labute approximate surface area is 161 Å². The summed E-state index contributed by atoms with van der Waals surface area (Å²) in [7, 11) is 0. The highest BCUT2D eigenvalue weighted by molar-refractivity contribution is 7.15. The number of hydrogen-bond donors (Lipinski definition) is 2. The summed E-state index contributed by atoms with van der Waals surface area (Å²) < 4.78 is 0. The number of nitrogens with zero attached hydrogens (tertiary/aromatic N) is 3. The fourth-order valence-electron chi connectivity index (χ4n) is 4.38. The maximum absolute atomic E-state index is 12.9. The number of fused-ring (bicyclic) bond motifs is 1. The van der Waals surface area contributed by atoms with Gasteiger partial charge in [0.05, 0.1) is 11.8 Å². The predicted octanol–water partition coefficient (Wildman–Crippen LogP) is 2.33. The second-order valence-corrected chi connectivity index (χ2v) is 8.77. The summed E-state index contributed by atoms with van der Waals surface area (Å²) in [5.41, 5.74) is 0. The van der Waals surface area contributed by atoms with Crippen molar-refractivity contribution in [2.75, 3.05) is 5.32 Å². The number of carbonyl (C=O) groups excluding carboxylic acids is 3. The molecule has 1 saturated carbocycles. The van der Waals surface area contributed by atoms with Crippen LogP contribution < -0.4 is 10.6 Å². The third-order valence-corrected chi connectivity index (χ3v) is 6.81. The van der Waals surface area contributed by atoms with Gasteiger partial charge in [-0.25, -0.2) is 4.79 Å². The van der Waals surface area contributed by atoms with Gasteiger partial charge in [0.2, 0.25) is 16.9 Å².